The van der Waals surface area contributed by atoms with Crippen molar-refractivity contribution >= 4 is 45.5 Å². The molecule has 1 aromatic heterocycles. The number of hydrogen-bond donors (Lipinski definition) is 3. The summed E-state index contributed by atoms with van der Waals surface area (Å²) in [5.41, 5.74) is 7.19. The summed E-state index contributed by atoms with van der Waals surface area (Å²) in [5, 5.41) is 0. The van der Waals surface area contributed by atoms with Crippen LogP contribution in [0.25, 0.3) is 11.0 Å². The molecule has 0 aliphatic heterocycles. The van der Waals surface area contributed by atoms with Crippen LogP contribution in [0.1, 0.15) is 0 Å². The average molecular weight is 244 g/mol. The Bertz CT molecular complexity index is 398. The van der Waals surface area contributed by atoms with E-state index in [2.05, 4.69) is 38.5 Å². The van der Waals surface area contributed by atoms with E-state index in [1.807, 2.05) is 12.1 Å². The van der Waals surface area contributed by atoms with Crippen LogP contribution in [-0.2, 0) is 0 Å². The lowest BCUT2D eigenvalue weighted by molar-refractivity contribution is 1.34. The molecule has 2 aromatic rings. The van der Waals surface area contributed by atoms with E-state index in [1.54, 1.807) is 0 Å². The van der Waals surface area contributed by atoms with E-state index >= 15 is 0 Å². The normalized spacial score (nSPS) is 10.8. The molecule has 1 aromatic carbocycles. The summed E-state index contributed by atoms with van der Waals surface area (Å²) in [6, 6.07) is 3.78. The number of benzene rings is 1. The van der Waals surface area contributed by atoms with Crippen LogP contribution >= 0.6 is 28.6 Å². The van der Waals surface area contributed by atoms with E-state index in [9.17, 15) is 0 Å². The van der Waals surface area contributed by atoms with Gasteiger partial charge in [-0.15, -0.1) is 12.6 Å². The maximum Gasteiger partial charge on any atom is 0.198 e. The average Bonchev–Trinajstić information content (AvgIpc) is 2.41. The van der Waals surface area contributed by atoms with Gasteiger partial charge in [0, 0.05) is 9.37 Å². The van der Waals surface area contributed by atoms with Crippen molar-refractivity contribution in [2.45, 2.75) is 4.90 Å². The number of H-pyrrole nitrogens is 1. The second-order valence-corrected chi connectivity index (χ2v) is 3.75. The lowest BCUT2D eigenvalue weighted by Gasteiger charge is -1.94. The van der Waals surface area contributed by atoms with Gasteiger partial charge >= 0.3 is 0 Å². The van der Waals surface area contributed by atoms with E-state index in [4.69, 9.17) is 5.73 Å². The minimum Gasteiger partial charge on any atom is -0.369 e. The van der Waals surface area contributed by atoms with Crippen LogP contribution in [0.2, 0.25) is 0 Å². The van der Waals surface area contributed by atoms with E-state index < -0.39 is 0 Å². The molecule has 3 N–H and O–H groups in total. The third-order valence-corrected chi connectivity index (χ3v) is 2.60. The molecule has 0 bridgehead atoms. The number of rotatable bonds is 0. The van der Waals surface area contributed by atoms with Gasteiger partial charge in [-0.1, -0.05) is 0 Å². The van der Waals surface area contributed by atoms with Crippen LogP contribution < -0.4 is 5.73 Å². The fourth-order valence-electron chi connectivity index (χ4n) is 1.06. The lowest BCUT2D eigenvalue weighted by atomic mass is 10.3. The molecule has 0 saturated carbocycles. The summed E-state index contributed by atoms with van der Waals surface area (Å²) in [6.45, 7) is 0. The molecule has 62 valence electrons. The number of anilines is 1. The summed E-state index contributed by atoms with van der Waals surface area (Å²) < 4.78 is 0.920. The quantitative estimate of drug-likeness (QED) is 0.622. The van der Waals surface area contributed by atoms with E-state index in [-0.39, 0.29) is 0 Å². The minimum absolute atomic E-state index is 0.409. The molecule has 3 nitrogen and oxygen atoms in total. The highest BCUT2D eigenvalue weighted by atomic mass is 79.9. The van der Waals surface area contributed by atoms with Crippen molar-refractivity contribution in [2.24, 2.45) is 0 Å². The first kappa shape index (κ1) is 7.94. The largest absolute Gasteiger partial charge is 0.369 e. The highest BCUT2D eigenvalue weighted by Gasteiger charge is 2.05. The summed E-state index contributed by atoms with van der Waals surface area (Å²) in [6.07, 6.45) is 0. The molecule has 0 fully saturated rings. The van der Waals surface area contributed by atoms with Crippen molar-refractivity contribution in [1.82, 2.24) is 9.97 Å². The Kier molecular flexibility index (Phi) is 1.77. The van der Waals surface area contributed by atoms with Gasteiger partial charge in [0.2, 0.25) is 0 Å². The van der Waals surface area contributed by atoms with Crippen molar-refractivity contribution in [3.63, 3.8) is 0 Å². The lowest BCUT2D eigenvalue weighted by Crippen LogP contribution is -1.84. The monoisotopic (exact) mass is 243 g/mol. The Morgan fingerprint density at radius 2 is 2.25 bits per heavy atom. The van der Waals surface area contributed by atoms with Gasteiger partial charge in [-0.05, 0) is 28.1 Å². The molecule has 0 atom stereocenters. The third kappa shape index (κ3) is 1.09. The summed E-state index contributed by atoms with van der Waals surface area (Å²) in [7, 11) is 0. The molecule has 0 aliphatic carbocycles. The van der Waals surface area contributed by atoms with Gasteiger partial charge in [-0.25, -0.2) is 4.98 Å². The highest BCUT2D eigenvalue weighted by molar-refractivity contribution is 9.10. The van der Waals surface area contributed by atoms with Gasteiger partial charge in [0.15, 0.2) is 5.95 Å². The smallest absolute Gasteiger partial charge is 0.198 e. The molecule has 5 heteroatoms. The van der Waals surface area contributed by atoms with Gasteiger partial charge < -0.3 is 10.7 Å². The zero-order valence-corrected chi connectivity index (χ0v) is 8.48. The molecule has 2 rings (SSSR count). The molecule has 0 unspecified atom stereocenters. The van der Waals surface area contributed by atoms with Crippen molar-refractivity contribution < 1.29 is 0 Å². The Morgan fingerprint density at radius 1 is 1.50 bits per heavy atom. The molecular formula is C7H6BrN3S. The summed E-state index contributed by atoms with van der Waals surface area (Å²) in [4.78, 5) is 7.87. The molecule has 0 amide bonds. The van der Waals surface area contributed by atoms with Crippen molar-refractivity contribution in [2.75, 3.05) is 5.73 Å². The second-order valence-electron chi connectivity index (χ2n) is 2.41. The van der Waals surface area contributed by atoms with Gasteiger partial charge in [0.1, 0.15) is 5.52 Å². The molecule has 1 heterocycles. The van der Waals surface area contributed by atoms with Crippen LogP contribution in [0.15, 0.2) is 21.5 Å². The number of nitrogens with two attached hydrogens (primary N) is 1. The third-order valence-electron chi connectivity index (χ3n) is 1.59. The molecule has 12 heavy (non-hydrogen) atoms. The minimum atomic E-state index is 0.409. The zero-order valence-electron chi connectivity index (χ0n) is 6.00. The molecule has 0 spiro atoms. The molecule has 0 radical (unpaired) electrons. The number of imidazole rings is 1. The number of thiol groups is 1. The standard InChI is InChI=1S/C7H6BrN3S/c8-3-1-2-4(12)6-5(3)10-7(9)11-6/h1-2,12H,(H3,9,10,11). The zero-order chi connectivity index (χ0) is 8.72. The first-order valence-electron chi connectivity index (χ1n) is 3.31. The topological polar surface area (TPSA) is 54.7 Å². The Morgan fingerprint density at radius 3 is 2.92 bits per heavy atom. The number of halogens is 1. The highest BCUT2D eigenvalue weighted by Crippen LogP contribution is 2.27. The van der Waals surface area contributed by atoms with Crippen molar-refractivity contribution in [1.29, 1.82) is 0 Å². The molecule has 0 saturated heterocycles. The molecular weight excluding hydrogens is 238 g/mol. The van der Waals surface area contributed by atoms with Gasteiger partial charge in [0.25, 0.3) is 0 Å². The Hall–Kier alpha value is -0.680. The SMILES string of the molecule is Nc1nc2c(Br)ccc(S)c2[nH]1. The number of nitrogen functional groups attached to an aromatic ring is 1. The van der Waals surface area contributed by atoms with Crippen molar-refractivity contribution in [3.05, 3.63) is 16.6 Å². The van der Waals surface area contributed by atoms with Gasteiger partial charge in [-0.3, -0.25) is 0 Å². The van der Waals surface area contributed by atoms with Crippen molar-refractivity contribution in [3.8, 4) is 0 Å². The number of nitrogens with zero attached hydrogens (tertiary/aromatic N) is 1. The number of fused-ring (bicyclic) bond motifs is 1. The maximum absolute atomic E-state index is 5.51. The Balaban J connectivity index is 2.93. The van der Waals surface area contributed by atoms with E-state index in [0.29, 0.717) is 5.95 Å². The maximum atomic E-state index is 5.51. The predicted molar refractivity (Wildman–Crippen MR) is 55.5 cm³/mol. The summed E-state index contributed by atoms with van der Waals surface area (Å²) in [5.74, 6) is 0.409. The van der Waals surface area contributed by atoms with Gasteiger partial charge in [-0.2, -0.15) is 0 Å². The number of aromatic nitrogens is 2. The van der Waals surface area contributed by atoms with Crippen LogP contribution in [-0.4, -0.2) is 9.97 Å². The van der Waals surface area contributed by atoms with E-state index in [1.165, 1.54) is 0 Å². The fraction of sp³-hybridized carbons (Fsp3) is 0. The summed E-state index contributed by atoms with van der Waals surface area (Å²) >= 11 is 7.64. The predicted octanol–water partition coefficient (Wildman–Crippen LogP) is 2.20. The molecule has 0 aliphatic rings. The van der Waals surface area contributed by atoms with Crippen LogP contribution in [0.5, 0.6) is 0 Å². The van der Waals surface area contributed by atoms with Crippen LogP contribution in [0.4, 0.5) is 5.95 Å². The number of nitrogens with one attached hydrogen (secondary N) is 1. The van der Waals surface area contributed by atoms with Crippen LogP contribution in [0.3, 0.4) is 0 Å². The first-order valence-corrected chi connectivity index (χ1v) is 4.55. The van der Waals surface area contributed by atoms with Gasteiger partial charge in [0.05, 0.1) is 5.52 Å². The Labute approximate surface area is 82.9 Å². The number of hydrogen-bond acceptors (Lipinski definition) is 3. The first-order chi connectivity index (χ1) is 5.68. The van der Waals surface area contributed by atoms with E-state index in [0.717, 1.165) is 20.4 Å². The van der Waals surface area contributed by atoms with Crippen LogP contribution in [0, 0.1) is 0 Å². The fourth-order valence-corrected chi connectivity index (χ4v) is 1.72. The number of aromatic amines is 1. The second kappa shape index (κ2) is 2.67.